The first-order chi connectivity index (χ1) is 9.97. The molecule has 116 valence electrons. The van der Waals surface area contributed by atoms with Crippen LogP contribution in [-0.2, 0) is 0 Å². The number of amides is 1. The third-order valence-electron chi connectivity index (χ3n) is 3.75. The van der Waals surface area contributed by atoms with Crippen molar-refractivity contribution in [1.29, 1.82) is 0 Å². The van der Waals surface area contributed by atoms with Crippen molar-refractivity contribution in [3.8, 4) is 0 Å². The van der Waals surface area contributed by atoms with Crippen molar-refractivity contribution in [3.63, 3.8) is 0 Å². The minimum atomic E-state index is -0.546. The van der Waals surface area contributed by atoms with E-state index in [4.69, 9.17) is 5.73 Å². The second-order valence-corrected chi connectivity index (χ2v) is 5.68. The van der Waals surface area contributed by atoms with E-state index < -0.39 is 5.82 Å². The maximum Gasteiger partial charge on any atom is 0.256 e. The first-order valence-electron chi connectivity index (χ1n) is 7.19. The Morgan fingerprint density at radius 1 is 1.29 bits per heavy atom. The summed E-state index contributed by atoms with van der Waals surface area (Å²) in [7, 11) is 4.09. The van der Waals surface area contributed by atoms with Gasteiger partial charge in [-0.05, 0) is 32.3 Å². The molecule has 0 aromatic heterocycles. The number of likely N-dealkylation sites (N-methyl/N-ethyl adjacent to an activating group) is 1. The number of carbonyl (C=O) groups is 1. The van der Waals surface area contributed by atoms with Crippen LogP contribution in [0.3, 0.4) is 0 Å². The fraction of sp³-hybridized carbons (Fsp3) is 0.533. The summed E-state index contributed by atoms with van der Waals surface area (Å²) < 4.78 is 13.8. The van der Waals surface area contributed by atoms with Crippen molar-refractivity contribution in [2.75, 3.05) is 59.1 Å². The average Bonchev–Trinajstić information content (AvgIpc) is 2.45. The highest BCUT2D eigenvalue weighted by Gasteiger charge is 2.23. The zero-order valence-corrected chi connectivity index (χ0v) is 12.7. The number of halogens is 1. The minimum absolute atomic E-state index is 0.103. The van der Waals surface area contributed by atoms with Gasteiger partial charge in [0.25, 0.3) is 5.91 Å². The Bertz CT molecular complexity index is 498. The van der Waals surface area contributed by atoms with E-state index in [-0.39, 0.29) is 11.5 Å². The predicted molar refractivity (Wildman–Crippen MR) is 81.7 cm³/mol. The lowest BCUT2D eigenvalue weighted by Crippen LogP contribution is -2.50. The maximum atomic E-state index is 13.8. The Labute approximate surface area is 125 Å². The van der Waals surface area contributed by atoms with Gasteiger partial charge >= 0.3 is 0 Å². The fourth-order valence-electron chi connectivity index (χ4n) is 2.39. The van der Waals surface area contributed by atoms with Crippen molar-refractivity contribution in [2.24, 2.45) is 0 Å². The highest BCUT2D eigenvalue weighted by molar-refractivity contribution is 5.94. The second-order valence-electron chi connectivity index (χ2n) is 5.68. The number of rotatable bonds is 4. The van der Waals surface area contributed by atoms with Crippen molar-refractivity contribution in [3.05, 3.63) is 29.6 Å². The number of hydrogen-bond donors (Lipinski definition) is 1. The van der Waals surface area contributed by atoms with Crippen LogP contribution in [0.2, 0.25) is 0 Å². The molecule has 1 aliphatic rings. The van der Waals surface area contributed by atoms with Crippen LogP contribution in [-0.4, -0.2) is 74.0 Å². The molecule has 1 heterocycles. The molecular weight excluding hydrogens is 271 g/mol. The lowest BCUT2D eigenvalue weighted by atomic mass is 10.1. The molecular formula is C15H23FN4O. The van der Waals surface area contributed by atoms with Gasteiger partial charge in [-0.3, -0.25) is 9.69 Å². The molecule has 5 nitrogen and oxygen atoms in total. The van der Waals surface area contributed by atoms with Crippen LogP contribution in [0.15, 0.2) is 18.2 Å². The highest BCUT2D eigenvalue weighted by Crippen LogP contribution is 2.15. The van der Waals surface area contributed by atoms with E-state index in [0.29, 0.717) is 18.8 Å². The number of carbonyl (C=O) groups excluding carboxylic acids is 1. The van der Waals surface area contributed by atoms with Crippen molar-refractivity contribution < 1.29 is 9.18 Å². The van der Waals surface area contributed by atoms with Crippen LogP contribution in [0.5, 0.6) is 0 Å². The largest absolute Gasteiger partial charge is 0.399 e. The van der Waals surface area contributed by atoms with E-state index in [0.717, 1.165) is 26.2 Å². The Hall–Kier alpha value is -1.66. The summed E-state index contributed by atoms with van der Waals surface area (Å²) in [5, 5.41) is 0. The zero-order valence-electron chi connectivity index (χ0n) is 12.7. The van der Waals surface area contributed by atoms with Crippen molar-refractivity contribution >= 4 is 11.6 Å². The van der Waals surface area contributed by atoms with Crippen LogP contribution in [0, 0.1) is 5.82 Å². The standard InChI is InChI=1S/C15H23FN4O/c1-18(2)5-6-19-7-9-20(10-8-19)15(21)13-4-3-12(17)11-14(13)16/h3-4,11H,5-10,17H2,1-2H3. The highest BCUT2D eigenvalue weighted by atomic mass is 19.1. The lowest BCUT2D eigenvalue weighted by Gasteiger charge is -2.35. The van der Waals surface area contributed by atoms with Gasteiger partial charge in [0.2, 0.25) is 0 Å². The second kappa shape index (κ2) is 6.87. The van der Waals surface area contributed by atoms with Gasteiger partial charge in [-0.15, -0.1) is 0 Å². The minimum Gasteiger partial charge on any atom is -0.399 e. The Morgan fingerprint density at radius 3 is 2.52 bits per heavy atom. The van der Waals surface area contributed by atoms with Gasteiger partial charge in [0.05, 0.1) is 5.56 Å². The van der Waals surface area contributed by atoms with E-state index in [1.54, 1.807) is 11.0 Å². The first kappa shape index (κ1) is 15.7. The molecule has 0 aliphatic carbocycles. The lowest BCUT2D eigenvalue weighted by molar-refractivity contribution is 0.0625. The molecule has 1 saturated heterocycles. The van der Waals surface area contributed by atoms with Gasteiger partial charge in [0.1, 0.15) is 5.82 Å². The van der Waals surface area contributed by atoms with E-state index in [2.05, 4.69) is 9.80 Å². The zero-order chi connectivity index (χ0) is 15.4. The summed E-state index contributed by atoms with van der Waals surface area (Å²) >= 11 is 0. The van der Waals surface area contributed by atoms with E-state index >= 15 is 0 Å². The number of hydrogen-bond acceptors (Lipinski definition) is 4. The van der Waals surface area contributed by atoms with E-state index in [1.807, 2.05) is 14.1 Å². The number of anilines is 1. The molecule has 1 aromatic carbocycles. The molecule has 1 aliphatic heterocycles. The van der Waals surface area contributed by atoms with Crippen molar-refractivity contribution in [2.45, 2.75) is 0 Å². The summed E-state index contributed by atoms with van der Waals surface area (Å²) in [6.45, 7) is 4.92. The normalized spacial score (nSPS) is 16.5. The summed E-state index contributed by atoms with van der Waals surface area (Å²) in [4.78, 5) is 18.5. The van der Waals surface area contributed by atoms with Crippen LogP contribution >= 0.6 is 0 Å². The number of nitrogen functional groups attached to an aromatic ring is 1. The molecule has 0 saturated carbocycles. The monoisotopic (exact) mass is 294 g/mol. The quantitative estimate of drug-likeness (QED) is 0.832. The van der Waals surface area contributed by atoms with E-state index in [1.165, 1.54) is 12.1 Å². The van der Waals surface area contributed by atoms with Gasteiger partial charge in [0, 0.05) is 45.0 Å². The van der Waals surface area contributed by atoms with Crippen LogP contribution < -0.4 is 5.73 Å². The smallest absolute Gasteiger partial charge is 0.256 e. The molecule has 0 unspecified atom stereocenters. The summed E-state index contributed by atoms with van der Waals surface area (Å²) in [6, 6.07) is 4.22. The summed E-state index contributed by atoms with van der Waals surface area (Å²) in [5.74, 6) is -0.796. The third kappa shape index (κ3) is 4.15. The molecule has 0 spiro atoms. The van der Waals surface area contributed by atoms with Gasteiger partial charge in [-0.25, -0.2) is 4.39 Å². The van der Waals surface area contributed by atoms with Crippen LogP contribution in [0.1, 0.15) is 10.4 Å². The van der Waals surface area contributed by atoms with Gasteiger partial charge in [0.15, 0.2) is 0 Å². The SMILES string of the molecule is CN(C)CCN1CCN(C(=O)c2ccc(N)cc2F)CC1. The molecule has 0 radical (unpaired) electrons. The molecule has 2 rings (SSSR count). The molecule has 1 aromatic rings. The predicted octanol–water partition coefficient (Wildman–Crippen LogP) is 0.727. The molecule has 1 amide bonds. The Morgan fingerprint density at radius 2 is 1.95 bits per heavy atom. The maximum absolute atomic E-state index is 13.8. The summed E-state index contributed by atoms with van der Waals surface area (Å²) in [6.07, 6.45) is 0. The van der Waals surface area contributed by atoms with Crippen LogP contribution in [0.4, 0.5) is 10.1 Å². The van der Waals surface area contributed by atoms with Gasteiger partial charge in [-0.1, -0.05) is 0 Å². The Balaban J connectivity index is 1.91. The number of nitrogens with two attached hydrogens (primary N) is 1. The summed E-state index contributed by atoms with van der Waals surface area (Å²) in [5.41, 5.74) is 5.94. The molecule has 6 heteroatoms. The molecule has 1 fully saturated rings. The van der Waals surface area contributed by atoms with E-state index in [9.17, 15) is 9.18 Å². The molecule has 0 atom stereocenters. The van der Waals surface area contributed by atoms with Crippen LogP contribution in [0.25, 0.3) is 0 Å². The topological polar surface area (TPSA) is 52.8 Å². The van der Waals surface area contributed by atoms with Gasteiger partial charge in [-0.2, -0.15) is 0 Å². The average molecular weight is 294 g/mol. The first-order valence-corrected chi connectivity index (χ1v) is 7.19. The van der Waals surface area contributed by atoms with Gasteiger partial charge < -0.3 is 15.5 Å². The molecule has 21 heavy (non-hydrogen) atoms. The van der Waals surface area contributed by atoms with Crippen molar-refractivity contribution in [1.82, 2.24) is 14.7 Å². The molecule has 0 bridgehead atoms. The third-order valence-corrected chi connectivity index (χ3v) is 3.75. The number of piperazine rings is 1. The number of nitrogens with zero attached hydrogens (tertiary/aromatic N) is 3. The number of benzene rings is 1. The fourth-order valence-corrected chi connectivity index (χ4v) is 2.39. The Kier molecular flexibility index (Phi) is 5.14. The molecule has 2 N–H and O–H groups in total.